The molecule has 0 bridgehead atoms. The fourth-order valence-corrected chi connectivity index (χ4v) is 5.07. The molecule has 3 aromatic rings. The molecule has 2 amide bonds. The number of sulfonamides is 1. The summed E-state index contributed by atoms with van der Waals surface area (Å²) in [6.07, 6.45) is 0.316. The van der Waals surface area contributed by atoms with Crippen molar-refractivity contribution in [3.63, 3.8) is 0 Å². The summed E-state index contributed by atoms with van der Waals surface area (Å²) in [6, 6.07) is 16.9. The first kappa shape index (κ1) is 22.5. The third kappa shape index (κ3) is 4.90. The van der Waals surface area contributed by atoms with Crippen LogP contribution in [0.5, 0.6) is 0 Å². The lowest BCUT2D eigenvalue weighted by Gasteiger charge is -2.16. The van der Waals surface area contributed by atoms with E-state index in [1.165, 1.54) is 6.07 Å². The number of hydrogen-bond acceptors (Lipinski definition) is 4. The number of rotatable bonds is 6. The molecule has 1 aliphatic heterocycles. The van der Waals surface area contributed by atoms with Crippen molar-refractivity contribution in [3.05, 3.63) is 88.5 Å². The number of benzene rings is 3. The highest BCUT2D eigenvalue weighted by atomic mass is 32.2. The van der Waals surface area contributed by atoms with Crippen molar-refractivity contribution < 1.29 is 18.0 Å². The van der Waals surface area contributed by atoms with Gasteiger partial charge in [0.05, 0.1) is 17.4 Å². The Bertz CT molecular complexity index is 1350. The second-order valence-corrected chi connectivity index (χ2v) is 9.94. The normalized spacial score (nSPS) is 13.7. The molecule has 8 heteroatoms. The molecule has 0 radical (unpaired) electrons. The lowest BCUT2D eigenvalue weighted by atomic mass is 10.0. The molecule has 33 heavy (non-hydrogen) atoms. The molecule has 7 nitrogen and oxygen atoms in total. The minimum Gasteiger partial charge on any atom is -0.346 e. The lowest BCUT2D eigenvalue weighted by Crippen LogP contribution is -2.27. The Balaban J connectivity index is 1.53. The van der Waals surface area contributed by atoms with Crippen LogP contribution >= 0.6 is 0 Å². The number of fused-ring (bicyclic) bond motifs is 1. The molecule has 1 atom stereocenters. The highest BCUT2D eigenvalue weighted by molar-refractivity contribution is 7.92. The second kappa shape index (κ2) is 8.71. The molecule has 4 rings (SSSR count). The van der Waals surface area contributed by atoms with Crippen LogP contribution in [0.3, 0.4) is 0 Å². The van der Waals surface area contributed by atoms with E-state index in [4.69, 9.17) is 0 Å². The van der Waals surface area contributed by atoms with Crippen molar-refractivity contribution >= 4 is 33.2 Å². The predicted molar refractivity (Wildman–Crippen MR) is 128 cm³/mol. The molecule has 0 aromatic heterocycles. The summed E-state index contributed by atoms with van der Waals surface area (Å²) >= 11 is 0. The minimum atomic E-state index is -3.87. The third-order valence-electron chi connectivity index (χ3n) is 5.65. The Labute approximate surface area is 193 Å². The van der Waals surface area contributed by atoms with Gasteiger partial charge < -0.3 is 10.6 Å². The van der Waals surface area contributed by atoms with Crippen LogP contribution in [0.15, 0.2) is 65.6 Å². The van der Waals surface area contributed by atoms with Gasteiger partial charge in [-0.1, -0.05) is 35.9 Å². The summed E-state index contributed by atoms with van der Waals surface area (Å²) in [5.41, 5.74) is 4.80. The Morgan fingerprint density at radius 1 is 1.00 bits per heavy atom. The Kier molecular flexibility index (Phi) is 5.95. The standard InChI is InChI=1S/C25H25N3O4S/c1-15-4-9-21(10-5-15)28-33(31,32)23-13-19(7-6-16(23)2)25(30)26-17(3)18-8-11-22-20(12-18)14-24(29)27-22/h4-13,17,28H,14H2,1-3H3,(H,26,30)(H,27,29). The summed E-state index contributed by atoms with van der Waals surface area (Å²) in [7, 11) is -3.87. The van der Waals surface area contributed by atoms with Gasteiger partial charge in [-0.15, -0.1) is 0 Å². The molecule has 0 spiro atoms. The first-order chi connectivity index (χ1) is 15.6. The van der Waals surface area contributed by atoms with Crippen molar-refractivity contribution in [3.8, 4) is 0 Å². The van der Waals surface area contributed by atoms with Crippen LogP contribution in [0.2, 0.25) is 0 Å². The zero-order valence-corrected chi connectivity index (χ0v) is 19.4. The monoisotopic (exact) mass is 463 g/mol. The molecular formula is C25H25N3O4S. The van der Waals surface area contributed by atoms with Crippen molar-refractivity contribution in [2.75, 3.05) is 10.0 Å². The largest absolute Gasteiger partial charge is 0.346 e. The van der Waals surface area contributed by atoms with Crippen molar-refractivity contribution in [2.24, 2.45) is 0 Å². The fraction of sp³-hybridized carbons (Fsp3) is 0.200. The van der Waals surface area contributed by atoms with Gasteiger partial charge in [-0.3, -0.25) is 14.3 Å². The zero-order valence-electron chi connectivity index (χ0n) is 18.6. The zero-order chi connectivity index (χ0) is 23.8. The molecule has 3 N–H and O–H groups in total. The van der Waals surface area contributed by atoms with Crippen molar-refractivity contribution in [2.45, 2.75) is 38.1 Å². The number of carbonyl (C=O) groups excluding carboxylic acids is 2. The van der Waals surface area contributed by atoms with Gasteiger partial charge in [0.25, 0.3) is 15.9 Å². The summed E-state index contributed by atoms with van der Waals surface area (Å²) in [5, 5.41) is 5.70. The smallest absolute Gasteiger partial charge is 0.262 e. The van der Waals surface area contributed by atoms with Crippen LogP contribution in [-0.2, 0) is 21.2 Å². The van der Waals surface area contributed by atoms with Gasteiger partial charge in [-0.05, 0) is 67.8 Å². The average Bonchev–Trinajstić information content (AvgIpc) is 3.14. The molecule has 3 aromatic carbocycles. The fourth-order valence-electron chi connectivity index (χ4n) is 3.74. The molecule has 170 valence electrons. The van der Waals surface area contributed by atoms with Crippen LogP contribution in [-0.4, -0.2) is 20.2 Å². The molecule has 1 aliphatic rings. The van der Waals surface area contributed by atoms with Crippen molar-refractivity contribution in [1.82, 2.24) is 5.32 Å². The first-order valence-electron chi connectivity index (χ1n) is 10.6. The highest BCUT2D eigenvalue weighted by Gasteiger charge is 2.22. The summed E-state index contributed by atoms with van der Waals surface area (Å²) in [6.45, 7) is 5.45. The van der Waals surface area contributed by atoms with E-state index >= 15 is 0 Å². The number of carbonyl (C=O) groups is 2. The SMILES string of the molecule is Cc1ccc(NS(=O)(=O)c2cc(C(=O)NC(C)c3ccc4c(c3)CC(=O)N4)ccc2C)cc1. The second-order valence-electron chi connectivity index (χ2n) is 8.29. The molecule has 0 saturated carbocycles. The molecule has 0 saturated heterocycles. The number of hydrogen-bond donors (Lipinski definition) is 3. The van der Waals surface area contributed by atoms with Gasteiger partial charge in [0.1, 0.15) is 0 Å². The predicted octanol–water partition coefficient (Wildman–Crippen LogP) is 4.09. The van der Waals surface area contributed by atoms with Crippen LogP contribution < -0.4 is 15.4 Å². The van der Waals surface area contributed by atoms with E-state index in [9.17, 15) is 18.0 Å². The van der Waals surface area contributed by atoms with E-state index in [1.807, 2.05) is 44.2 Å². The Hall–Kier alpha value is -3.65. The maximum Gasteiger partial charge on any atom is 0.262 e. The maximum absolute atomic E-state index is 13.0. The van der Waals surface area contributed by atoms with E-state index in [0.29, 0.717) is 17.7 Å². The highest BCUT2D eigenvalue weighted by Crippen LogP contribution is 2.27. The number of anilines is 2. The maximum atomic E-state index is 13.0. The summed E-state index contributed by atoms with van der Waals surface area (Å²) < 4.78 is 28.5. The van der Waals surface area contributed by atoms with E-state index in [2.05, 4.69) is 15.4 Å². The van der Waals surface area contributed by atoms with Crippen LogP contribution in [0, 0.1) is 13.8 Å². The number of nitrogens with one attached hydrogen (secondary N) is 3. The first-order valence-corrected chi connectivity index (χ1v) is 12.0. The minimum absolute atomic E-state index is 0.0468. The molecular weight excluding hydrogens is 438 g/mol. The number of amides is 2. The molecule has 0 aliphatic carbocycles. The van der Waals surface area contributed by atoms with Gasteiger partial charge in [-0.2, -0.15) is 0 Å². The van der Waals surface area contributed by atoms with E-state index in [-0.39, 0.29) is 28.3 Å². The van der Waals surface area contributed by atoms with E-state index < -0.39 is 10.0 Å². The van der Waals surface area contributed by atoms with Gasteiger partial charge in [0.2, 0.25) is 5.91 Å². The average molecular weight is 464 g/mol. The van der Waals surface area contributed by atoms with Gasteiger partial charge in [-0.25, -0.2) is 8.42 Å². The van der Waals surface area contributed by atoms with Crippen molar-refractivity contribution in [1.29, 1.82) is 0 Å². The van der Waals surface area contributed by atoms with Crippen LogP contribution in [0.1, 0.15) is 45.6 Å². The molecule has 1 heterocycles. The van der Waals surface area contributed by atoms with Gasteiger partial charge in [0, 0.05) is 16.9 Å². The summed E-state index contributed by atoms with van der Waals surface area (Å²) in [5.74, 6) is -0.435. The summed E-state index contributed by atoms with van der Waals surface area (Å²) in [4.78, 5) is 24.5. The van der Waals surface area contributed by atoms with Crippen LogP contribution in [0.25, 0.3) is 0 Å². The lowest BCUT2D eigenvalue weighted by molar-refractivity contribution is -0.115. The van der Waals surface area contributed by atoms with Gasteiger partial charge in [0.15, 0.2) is 0 Å². The molecule has 1 unspecified atom stereocenters. The Morgan fingerprint density at radius 2 is 1.73 bits per heavy atom. The van der Waals surface area contributed by atoms with Gasteiger partial charge >= 0.3 is 0 Å². The van der Waals surface area contributed by atoms with E-state index in [1.54, 1.807) is 31.2 Å². The quantitative estimate of drug-likeness (QED) is 0.512. The topological polar surface area (TPSA) is 104 Å². The third-order valence-corrected chi connectivity index (χ3v) is 7.17. The Morgan fingerprint density at radius 3 is 2.45 bits per heavy atom. The number of aryl methyl sites for hydroxylation is 2. The van der Waals surface area contributed by atoms with E-state index in [0.717, 1.165) is 22.4 Å². The molecule has 0 fully saturated rings. The van der Waals surface area contributed by atoms with Crippen LogP contribution in [0.4, 0.5) is 11.4 Å².